The molecule has 5 rings (SSSR count). The maximum atomic E-state index is 13.8. The first kappa shape index (κ1) is 28.0. The van der Waals surface area contributed by atoms with Crippen LogP contribution < -0.4 is 5.32 Å². The number of benzene rings is 3. The monoisotopic (exact) mass is 551 g/mol. The molecule has 1 N–H and O–H groups in total. The number of pyridine rings is 1. The number of esters is 2. The van der Waals surface area contributed by atoms with Crippen LogP contribution >= 0.6 is 0 Å². The summed E-state index contributed by atoms with van der Waals surface area (Å²) in [6.45, 7) is 5.96. The van der Waals surface area contributed by atoms with Gasteiger partial charge >= 0.3 is 11.9 Å². The van der Waals surface area contributed by atoms with E-state index >= 15 is 0 Å². The van der Waals surface area contributed by atoms with E-state index in [4.69, 9.17) is 14.5 Å². The van der Waals surface area contributed by atoms with Crippen molar-refractivity contribution >= 4 is 34.4 Å². The van der Waals surface area contributed by atoms with Crippen molar-refractivity contribution in [2.45, 2.75) is 45.9 Å². The fourth-order valence-corrected chi connectivity index (χ4v) is 5.09. The van der Waals surface area contributed by atoms with Crippen LogP contribution in [0.25, 0.3) is 10.9 Å². The topological polar surface area (TPSA) is 97.8 Å². The predicted molar refractivity (Wildman–Crippen MR) is 157 cm³/mol. The first-order valence-corrected chi connectivity index (χ1v) is 13.9. The Morgan fingerprint density at radius 3 is 2.39 bits per heavy atom. The van der Waals surface area contributed by atoms with E-state index in [2.05, 4.69) is 22.3 Å². The van der Waals surface area contributed by atoms with E-state index in [-0.39, 0.29) is 6.61 Å². The number of hydrogen-bond donors (Lipinski definition) is 1. The molecule has 8 heteroatoms. The van der Waals surface area contributed by atoms with Crippen molar-refractivity contribution in [1.29, 1.82) is 0 Å². The fourth-order valence-electron chi connectivity index (χ4n) is 5.09. The molecular weight excluding hydrogens is 518 g/mol. The number of amides is 1. The van der Waals surface area contributed by atoms with E-state index in [9.17, 15) is 14.4 Å². The Balaban J connectivity index is 1.36. The van der Waals surface area contributed by atoms with Crippen LogP contribution in [0.4, 0.5) is 5.69 Å². The van der Waals surface area contributed by atoms with Crippen molar-refractivity contribution in [3.8, 4) is 0 Å². The second-order valence-electron chi connectivity index (χ2n) is 9.96. The lowest BCUT2D eigenvalue weighted by Gasteiger charge is -2.30. The molecule has 0 aliphatic carbocycles. The van der Waals surface area contributed by atoms with Crippen LogP contribution in [0.3, 0.4) is 0 Å². The van der Waals surface area contributed by atoms with Crippen molar-refractivity contribution < 1.29 is 23.9 Å². The predicted octanol–water partition coefficient (Wildman–Crippen LogP) is 5.54. The number of nitrogens with one attached hydrogen (secondary N) is 1. The molecule has 1 amide bonds. The van der Waals surface area contributed by atoms with Crippen LogP contribution in [0.5, 0.6) is 0 Å². The highest BCUT2D eigenvalue weighted by Gasteiger charge is 2.29. The zero-order chi connectivity index (χ0) is 28.8. The van der Waals surface area contributed by atoms with Gasteiger partial charge in [-0.05, 0) is 49.2 Å². The third-order valence-corrected chi connectivity index (χ3v) is 7.15. The Kier molecular flexibility index (Phi) is 8.70. The molecule has 0 spiro atoms. The molecule has 1 aromatic heterocycles. The van der Waals surface area contributed by atoms with Gasteiger partial charge in [-0.1, -0.05) is 55.5 Å². The Labute approximate surface area is 239 Å². The van der Waals surface area contributed by atoms with Gasteiger partial charge in [0, 0.05) is 48.4 Å². The standard InChI is InChI=1S/C33H33N3O5/c1-3-29(31(37)34-24-16-14-23(15-17-24)32(38)40-4-2)41-33(39)30-25-12-8-9-13-27(25)35-28-18-19-36(21-26(28)30)20-22-10-6-5-7-11-22/h5-17,29H,3-4,18-21H2,1-2H3,(H,34,37). The van der Waals surface area contributed by atoms with Crippen molar-refractivity contribution in [3.05, 3.63) is 107 Å². The molecular formula is C33H33N3O5. The number of rotatable bonds is 9. The average Bonchev–Trinajstić information content (AvgIpc) is 2.99. The largest absolute Gasteiger partial charge is 0.462 e. The van der Waals surface area contributed by atoms with Gasteiger partial charge in [0.1, 0.15) is 0 Å². The summed E-state index contributed by atoms with van der Waals surface area (Å²) in [5.74, 6) is -1.41. The summed E-state index contributed by atoms with van der Waals surface area (Å²) in [6, 6.07) is 24.2. The summed E-state index contributed by atoms with van der Waals surface area (Å²) in [5, 5.41) is 3.50. The molecule has 1 unspecified atom stereocenters. The summed E-state index contributed by atoms with van der Waals surface area (Å²) in [6.07, 6.45) is 0.00942. The molecule has 1 atom stereocenters. The molecule has 3 aromatic carbocycles. The molecule has 2 heterocycles. The Morgan fingerprint density at radius 2 is 1.66 bits per heavy atom. The van der Waals surface area contributed by atoms with E-state index in [1.54, 1.807) is 38.1 Å². The second kappa shape index (κ2) is 12.7. The van der Waals surface area contributed by atoms with E-state index in [1.807, 2.05) is 42.5 Å². The molecule has 8 nitrogen and oxygen atoms in total. The Morgan fingerprint density at radius 1 is 0.927 bits per heavy atom. The highest BCUT2D eigenvalue weighted by molar-refractivity contribution is 6.06. The number of para-hydroxylation sites is 1. The lowest BCUT2D eigenvalue weighted by Crippen LogP contribution is -2.34. The lowest BCUT2D eigenvalue weighted by atomic mass is 9.95. The molecule has 0 radical (unpaired) electrons. The Bertz CT molecular complexity index is 1550. The van der Waals surface area contributed by atoms with Crippen molar-refractivity contribution in [2.75, 3.05) is 18.5 Å². The summed E-state index contributed by atoms with van der Waals surface area (Å²) in [5.41, 5.74) is 5.01. The number of hydrogen-bond acceptors (Lipinski definition) is 7. The molecule has 1 aliphatic rings. The van der Waals surface area contributed by atoms with Crippen LogP contribution in [-0.2, 0) is 33.8 Å². The number of carbonyl (C=O) groups excluding carboxylic acids is 3. The number of carbonyl (C=O) groups is 3. The van der Waals surface area contributed by atoms with Crippen molar-refractivity contribution in [2.24, 2.45) is 0 Å². The average molecular weight is 552 g/mol. The first-order chi connectivity index (χ1) is 20.0. The third kappa shape index (κ3) is 6.44. The normalized spacial score (nSPS) is 13.7. The van der Waals surface area contributed by atoms with Crippen LogP contribution in [0.15, 0.2) is 78.9 Å². The zero-order valence-electron chi connectivity index (χ0n) is 23.3. The number of fused-ring (bicyclic) bond motifs is 2. The maximum Gasteiger partial charge on any atom is 0.340 e. The van der Waals surface area contributed by atoms with Crippen LogP contribution in [0.1, 0.15) is 57.8 Å². The summed E-state index contributed by atoms with van der Waals surface area (Å²) < 4.78 is 10.9. The number of nitrogens with zero attached hydrogens (tertiary/aromatic N) is 2. The van der Waals surface area contributed by atoms with E-state index in [1.165, 1.54) is 5.56 Å². The van der Waals surface area contributed by atoms with Gasteiger partial charge in [-0.3, -0.25) is 14.7 Å². The highest BCUT2D eigenvalue weighted by Crippen LogP contribution is 2.30. The number of ether oxygens (including phenoxy) is 2. The molecule has 4 aromatic rings. The van der Waals surface area contributed by atoms with E-state index < -0.39 is 23.9 Å². The molecule has 1 aliphatic heterocycles. The van der Waals surface area contributed by atoms with Gasteiger partial charge < -0.3 is 14.8 Å². The molecule has 0 saturated carbocycles. The minimum Gasteiger partial charge on any atom is -0.462 e. The SMILES string of the molecule is CCOC(=O)c1ccc(NC(=O)C(CC)OC(=O)c2c3c(nc4ccccc24)CCN(Cc2ccccc2)C3)cc1. The minimum absolute atomic E-state index is 0.280. The maximum absolute atomic E-state index is 13.8. The first-order valence-electron chi connectivity index (χ1n) is 13.9. The van der Waals surface area contributed by atoms with Gasteiger partial charge in [0.05, 0.1) is 23.3 Å². The quantitative estimate of drug-likeness (QED) is 0.273. The second-order valence-corrected chi connectivity index (χ2v) is 9.96. The number of anilines is 1. The zero-order valence-corrected chi connectivity index (χ0v) is 23.3. The van der Waals surface area contributed by atoms with Gasteiger partial charge in [0.15, 0.2) is 6.10 Å². The number of aromatic nitrogens is 1. The minimum atomic E-state index is -1.00. The van der Waals surface area contributed by atoms with Crippen LogP contribution in [-0.4, -0.2) is 47.0 Å². The highest BCUT2D eigenvalue weighted by atomic mass is 16.5. The molecule has 0 saturated heterocycles. The molecule has 41 heavy (non-hydrogen) atoms. The van der Waals surface area contributed by atoms with Gasteiger partial charge in [0.2, 0.25) is 0 Å². The van der Waals surface area contributed by atoms with Gasteiger partial charge in [-0.15, -0.1) is 0 Å². The van der Waals surface area contributed by atoms with Crippen LogP contribution in [0, 0.1) is 0 Å². The Hall–Kier alpha value is -4.56. The summed E-state index contributed by atoms with van der Waals surface area (Å²) in [4.78, 5) is 46.0. The van der Waals surface area contributed by atoms with E-state index in [0.717, 1.165) is 29.9 Å². The molecule has 0 fully saturated rings. The van der Waals surface area contributed by atoms with E-state index in [0.29, 0.717) is 41.6 Å². The molecule has 0 bridgehead atoms. The van der Waals surface area contributed by atoms with Gasteiger partial charge in [-0.25, -0.2) is 9.59 Å². The van der Waals surface area contributed by atoms with Crippen molar-refractivity contribution in [3.63, 3.8) is 0 Å². The van der Waals surface area contributed by atoms with Crippen molar-refractivity contribution in [1.82, 2.24) is 9.88 Å². The molecule has 210 valence electrons. The fraction of sp³-hybridized carbons (Fsp3) is 0.273. The third-order valence-electron chi connectivity index (χ3n) is 7.15. The van der Waals surface area contributed by atoms with Gasteiger partial charge in [0.25, 0.3) is 5.91 Å². The van der Waals surface area contributed by atoms with Crippen LogP contribution in [0.2, 0.25) is 0 Å². The summed E-state index contributed by atoms with van der Waals surface area (Å²) in [7, 11) is 0. The summed E-state index contributed by atoms with van der Waals surface area (Å²) >= 11 is 0. The van der Waals surface area contributed by atoms with Gasteiger partial charge in [-0.2, -0.15) is 0 Å². The lowest BCUT2D eigenvalue weighted by molar-refractivity contribution is -0.124. The smallest absolute Gasteiger partial charge is 0.340 e.